The molecule has 4 heteroatoms. The summed E-state index contributed by atoms with van der Waals surface area (Å²) in [5.41, 5.74) is 4.37. The van der Waals surface area contributed by atoms with E-state index in [4.69, 9.17) is 16.6 Å². The lowest BCUT2D eigenvalue weighted by Crippen LogP contribution is -1.87. The van der Waals surface area contributed by atoms with Gasteiger partial charge in [-0.05, 0) is 31.0 Å². The van der Waals surface area contributed by atoms with Crippen LogP contribution in [0.5, 0.6) is 0 Å². The van der Waals surface area contributed by atoms with Gasteiger partial charge in [0.15, 0.2) is 0 Å². The van der Waals surface area contributed by atoms with E-state index in [0.717, 1.165) is 41.2 Å². The van der Waals surface area contributed by atoms with E-state index in [9.17, 15) is 0 Å². The van der Waals surface area contributed by atoms with E-state index in [1.807, 2.05) is 6.07 Å². The fourth-order valence-electron chi connectivity index (χ4n) is 2.98. The van der Waals surface area contributed by atoms with Crippen LogP contribution in [-0.4, -0.2) is 14.5 Å². The Kier molecular flexibility index (Phi) is 2.64. The summed E-state index contributed by atoms with van der Waals surface area (Å²) in [7, 11) is 0. The number of hydrogen-bond acceptors (Lipinski definition) is 1. The van der Waals surface area contributed by atoms with Crippen LogP contribution in [0.15, 0.2) is 24.4 Å². The third-order valence-electron chi connectivity index (χ3n) is 4.08. The highest BCUT2D eigenvalue weighted by atomic mass is 35.5. The van der Waals surface area contributed by atoms with Gasteiger partial charge in [0.1, 0.15) is 5.82 Å². The van der Waals surface area contributed by atoms with Crippen molar-refractivity contribution in [3.8, 4) is 11.3 Å². The summed E-state index contributed by atoms with van der Waals surface area (Å²) in [6.07, 6.45) is 5.40. The molecule has 0 radical (unpaired) electrons. The molecule has 2 aromatic heterocycles. The average Bonchev–Trinajstić information content (AvgIpc) is 3.09. The number of halogens is 1. The van der Waals surface area contributed by atoms with Gasteiger partial charge in [0.05, 0.1) is 10.7 Å². The van der Waals surface area contributed by atoms with Crippen LogP contribution in [0.2, 0.25) is 5.02 Å². The van der Waals surface area contributed by atoms with Gasteiger partial charge in [-0.3, -0.25) is 0 Å². The number of aromatic amines is 1. The molecule has 3 aromatic rings. The van der Waals surface area contributed by atoms with E-state index in [1.165, 1.54) is 23.3 Å². The highest BCUT2D eigenvalue weighted by molar-refractivity contribution is 6.34. The summed E-state index contributed by atoms with van der Waals surface area (Å²) in [6.45, 7) is 3.22. The number of fused-ring (bicyclic) bond motifs is 2. The molecule has 3 heterocycles. The van der Waals surface area contributed by atoms with Crippen molar-refractivity contribution >= 4 is 22.5 Å². The van der Waals surface area contributed by atoms with Gasteiger partial charge < -0.3 is 9.55 Å². The summed E-state index contributed by atoms with van der Waals surface area (Å²) in [4.78, 5) is 8.16. The van der Waals surface area contributed by atoms with Gasteiger partial charge in [0.25, 0.3) is 0 Å². The van der Waals surface area contributed by atoms with Crippen molar-refractivity contribution in [2.45, 2.75) is 32.7 Å². The number of rotatable bonds is 2. The maximum absolute atomic E-state index is 6.45. The third kappa shape index (κ3) is 1.77. The third-order valence-corrected chi connectivity index (χ3v) is 4.39. The summed E-state index contributed by atoms with van der Waals surface area (Å²) in [5, 5.41) is 1.94. The molecule has 1 aliphatic rings. The second-order valence-electron chi connectivity index (χ2n) is 5.41. The SMILES string of the molecule is CCc1cc2cc(Cl)c(-c3cn4c(n3)CCC4)cc2[nH]1. The van der Waals surface area contributed by atoms with Crippen LogP contribution in [-0.2, 0) is 19.4 Å². The molecule has 0 bridgehead atoms. The second kappa shape index (κ2) is 4.38. The molecule has 20 heavy (non-hydrogen) atoms. The Morgan fingerprint density at radius 3 is 3.05 bits per heavy atom. The fraction of sp³-hybridized carbons (Fsp3) is 0.312. The maximum Gasteiger partial charge on any atom is 0.109 e. The van der Waals surface area contributed by atoms with E-state index >= 15 is 0 Å². The predicted molar refractivity (Wildman–Crippen MR) is 82.2 cm³/mol. The number of imidazole rings is 1. The van der Waals surface area contributed by atoms with Gasteiger partial charge in [0, 0.05) is 41.3 Å². The zero-order valence-corrected chi connectivity index (χ0v) is 12.2. The molecule has 1 aromatic carbocycles. The molecular formula is C16H16ClN3. The number of nitrogens with one attached hydrogen (secondary N) is 1. The molecule has 0 spiro atoms. The first-order valence-electron chi connectivity index (χ1n) is 7.12. The number of aryl methyl sites for hydroxylation is 3. The van der Waals surface area contributed by atoms with E-state index in [0.29, 0.717) is 0 Å². The molecule has 4 rings (SSSR count). The summed E-state index contributed by atoms with van der Waals surface area (Å²) < 4.78 is 2.24. The monoisotopic (exact) mass is 285 g/mol. The Morgan fingerprint density at radius 2 is 2.25 bits per heavy atom. The van der Waals surface area contributed by atoms with Gasteiger partial charge in [-0.1, -0.05) is 18.5 Å². The van der Waals surface area contributed by atoms with E-state index < -0.39 is 0 Å². The van der Waals surface area contributed by atoms with Gasteiger partial charge >= 0.3 is 0 Å². The van der Waals surface area contributed by atoms with Crippen molar-refractivity contribution in [3.63, 3.8) is 0 Å². The number of benzene rings is 1. The normalized spacial score (nSPS) is 14.1. The molecule has 0 saturated heterocycles. The zero-order chi connectivity index (χ0) is 13.7. The smallest absolute Gasteiger partial charge is 0.109 e. The van der Waals surface area contributed by atoms with Gasteiger partial charge in [0.2, 0.25) is 0 Å². The lowest BCUT2D eigenvalue weighted by molar-refractivity contribution is 0.750. The average molecular weight is 286 g/mol. The van der Waals surface area contributed by atoms with Gasteiger partial charge in [-0.15, -0.1) is 0 Å². The Bertz CT molecular complexity index is 776. The minimum Gasteiger partial charge on any atom is -0.358 e. The standard InChI is InChI=1S/C16H16ClN3/c1-2-11-6-10-7-13(17)12(8-14(10)18-11)15-9-20-5-3-4-16(20)19-15/h6-9,18H,2-5H2,1H3. The van der Waals surface area contributed by atoms with E-state index in [-0.39, 0.29) is 0 Å². The highest BCUT2D eigenvalue weighted by Gasteiger charge is 2.16. The topological polar surface area (TPSA) is 33.6 Å². The quantitative estimate of drug-likeness (QED) is 0.752. The van der Waals surface area contributed by atoms with Crippen LogP contribution in [0.3, 0.4) is 0 Å². The lowest BCUT2D eigenvalue weighted by Gasteiger charge is -2.02. The first-order chi connectivity index (χ1) is 9.74. The summed E-state index contributed by atoms with van der Waals surface area (Å²) in [6, 6.07) is 6.32. The lowest BCUT2D eigenvalue weighted by atomic mass is 10.1. The van der Waals surface area contributed by atoms with Crippen molar-refractivity contribution in [1.29, 1.82) is 0 Å². The first kappa shape index (κ1) is 12.0. The molecule has 102 valence electrons. The van der Waals surface area contributed by atoms with Gasteiger partial charge in [-0.25, -0.2) is 4.98 Å². The minimum atomic E-state index is 0.774. The zero-order valence-electron chi connectivity index (χ0n) is 11.4. The van der Waals surface area contributed by atoms with Crippen LogP contribution in [0.4, 0.5) is 0 Å². The number of hydrogen-bond donors (Lipinski definition) is 1. The van der Waals surface area contributed by atoms with Crippen molar-refractivity contribution in [2.75, 3.05) is 0 Å². The molecule has 1 aliphatic heterocycles. The second-order valence-corrected chi connectivity index (χ2v) is 5.81. The van der Waals surface area contributed by atoms with Crippen LogP contribution in [0, 0.1) is 0 Å². The van der Waals surface area contributed by atoms with Crippen molar-refractivity contribution in [1.82, 2.24) is 14.5 Å². The Hall–Kier alpha value is -1.74. The number of nitrogens with zero attached hydrogens (tertiary/aromatic N) is 2. The molecular weight excluding hydrogens is 270 g/mol. The molecule has 0 atom stereocenters. The fourth-order valence-corrected chi connectivity index (χ4v) is 3.25. The summed E-state index contributed by atoms with van der Waals surface area (Å²) >= 11 is 6.45. The van der Waals surface area contributed by atoms with Crippen LogP contribution in [0.1, 0.15) is 24.9 Å². The highest BCUT2D eigenvalue weighted by Crippen LogP contribution is 2.33. The molecule has 0 saturated carbocycles. The van der Waals surface area contributed by atoms with Crippen molar-refractivity contribution < 1.29 is 0 Å². The molecule has 1 N–H and O–H groups in total. The Labute approximate surface area is 122 Å². The molecule has 3 nitrogen and oxygen atoms in total. The first-order valence-corrected chi connectivity index (χ1v) is 7.50. The Morgan fingerprint density at radius 1 is 1.35 bits per heavy atom. The largest absolute Gasteiger partial charge is 0.358 e. The summed E-state index contributed by atoms with van der Waals surface area (Å²) in [5.74, 6) is 1.18. The predicted octanol–water partition coefficient (Wildman–Crippen LogP) is 4.19. The van der Waals surface area contributed by atoms with Crippen LogP contribution in [0.25, 0.3) is 22.2 Å². The maximum atomic E-state index is 6.45. The molecule has 0 unspecified atom stereocenters. The van der Waals surface area contributed by atoms with Crippen molar-refractivity contribution in [3.05, 3.63) is 40.9 Å². The molecule has 0 aliphatic carbocycles. The molecule has 0 amide bonds. The van der Waals surface area contributed by atoms with E-state index in [2.05, 4.69) is 34.8 Å². The van der Waals surface area contributed by atoms with Crippen molar-refractivity contribution in [2.24, 2.45) is 0 Å². The van der Waals surface area contributed by atoms with Crippen LogP contribution >= 0.6 is 11.6 Å². The molecule has 0 fully saturated rings. The Balaban J connectivity index is 1.87. The van der Waals surface area contributed by atoms with Gasteiger partial charge in [-0.2, -0.15) is 0 Å². The van der Waals surface area contributed by atoms with Crippen LogP contribution < -0.4 is 0 Å². The number of H-pyrrole nitrogens is 1. The number of aromatic nitrogens is 3. The van der Waals surface area contributed by atoms with E-state index in [1.54, 1.807) is 0 Å². The minimum absolute atomic E-state index is 0.774.